The Kier molecular flexibility index (Phi) is 5.44. The van der Waals surface area contributed by atoms with Gasteiger partial charge in [-0.3, -0.25) is 9.59 Å². The van der Waals surface area contributed by atoms with Crippen molar-refractivity contribution in [3.8, 4) is 11.1 Å². The molecule has 7 nitrogen and oxygen atoms in total. The lowest BCUT2D eigenvalue weighted by Gasteiger charge is -2.17. The van der Waals surface area contributed by atoms with Gasteiger partial charge in [-0.15, -0.1) is 0 Å². The number of aliphatic carboxylic acids is 1. The van der Waals surface area contributed by atoms with Gasteiger partial charge in [0.2, 0.25) is 5.91 Å². The molecule has 0 spiro atoms. The maximum absolute atomic E-state index is 12.2. The third-order valence-electron chi connectivity index (χ3n) is 5.85. The third kappa shape index (κ3) is 4.01. The first-order chi connectivity index (χ1) is 14.5. The molecule has 3 N–H and O–H groups in total. The molecule has 0 saturated heterocycles. The fourth-order valence-corrected chi connectivity index (χ4v) is 4.04. The number of nitrogens with one attached hydrogen (secondary N) is 2. The summed E-state index contributed by atoms with van der Waals surface area (Å²) in [5, 5.41) is 14.1. The van der Waals surface area contributed by atoms with Crippen molar-refractivity contribution in [3.63, 3.8) is 0 Å². The van der Waals surface area contributed by atoms with Gasteiger partial charge in [-0.25, -0.2) is 4.79 Å². The molecule has 0 radical (unpaired) electrons. The van der Waals surface area contributed by atoms with Crippen LogP contribution in [0.2, 0.25) is 0 Å². The molecule has 0 bridgehead atoms. The van der Waals surface area contributed by atoms with E-state index in [1.807, 2.05) is 36.4 Å². The van der Waals surface area contributed by atoms with E-state index in [-0.39, 0.29) is 30.3 Å². The fraction of sp³-hybridized carbons (Fsp3) is 0.348. The Morgan fingerprint density at radius 3 is 2.23 bits per heavy atom. The Balaban J connectivity index is 1.29. The van der Waals surface area contributed by atoms with E-state index in [9.17, 15) is 14.4 Å². The van der Waals surface area contributed by atoms with Gasteiger partial charge in [-0.05, 0) is 41.5 Å². The molecule has 2 aromatic rings. The van der Waals surface area contributed by atoms with Crippen molar-refractivity contribution in [1.82, 2.24) is 10.6 Å². The van der Waals surface area contributed by atoms with E-state index in [4.69, 9.17) is 9.84 Å². The molecule has 0 aliphatic heterocycles. The van der Waals surface area contributed by atoms with Crippen LogP contribution in [0.4, 0.5) is 4.79 Å². The molecule has 1 saturated carbocycles. The minimum Gasteiger partial charge on any atom is -0.481 e. The summed E-state index contributed by atoms with van der Waals surface area (Å²) >= 11 is 0. The van der Waals surface area contributed by atoms with Gasteiger partial charge >= 0.3 is 12.1 Å². The van der Waals surface area contributed by atoms with Crippen LogP contribution in [-0.2, 0) is 14.3 Å². The maximum Gasteiger partial charge on any atom is 0.407 e. The summed E-state index contributed by atoms with van der Waals surface area (Å²) in [4.78, 5) is 35.2. The minimum absolute atomic E-state index is 0.0342. The van der Waals surface area contributed by atoms with Crippen LogP contribution in [0.25, 0.3) is 11.1 Å². The number of hydrogen-bond acceptors (Lipinski definition) is 4. The van der Waals surface area contributed by atoms with Crippen LogP contribution in [-0.4, -0.2) is 42.3 Å². The van der Waals surface area contributed by atoms with E-state index in [1.54, 1.807) is 6.92 Å². The van der Waals surface area contributed by atoms with E-state index in [2.05, 4.69) is 22.8 Å². The lowest BCUT2D eigenvalue weighted by molar-refractivity contribution is -0.139. The highest BCUT2D eigenvalue weighted by Crippen LogP contribution is 2.44. The number of carbonyl (C=O) groups excluding carboxylic acids is 2. The number of carboxylic acid groups (broad SMARTS) is 1. The Hall–Kier alpha value is -3.35. The van der Waals surface area contributed by atoms with Crippen LogP contribution >= 0.6 is 0 Å². The summed E-state index contributed by atoms with van der Waals surface area (Å²) in [6, 6.07) is 15.4. The van der Waals surface area contributed by atoms with E-state index >= 15 is 0 Å². The number of benzene rings is 2. The lowest BCUT2D eigenvalue weighted by atomic mass is 9.98. The van der Waals surface area contributed by atoms with Gasteiger partial charge in [0.05, 0.1) is 5.92 Å². The first-order valence-corrected chi connectivity index (χ1v) is 10.1. The van der Waals surface area contributed by atoms with Gasteiger partial charge in [0.25, 0.3) is 0 Å². The van der Waals surface area contributed by atoms with E-state index < -0.39 is 18.1 Å². The number of carboxylic acids is 1. The SMILES string of the molecule is C[C@@H](NC(=O)OCC1c2ccccc2-c2ccccc21)C(=O)NC[C@@H]1C[C@@H]1C(=O)O. The molecule has 0 unspecified atom stereocenters. The van der Waals surface area contributed by atoms with Crippen molar-refractivity contribution in [2.45, 2.75) is 25.3 Å². The molecule has 2 aliphatic carbocycles. The van der Waals surface area contributed by atoms with Crippen LogP contribution in [0.5, 0.6) is 0 Å². The van der Waals surface area contributed by atoms with Crippen LogP contribution < -0.4 is 10.6 Å². The van der Waals surface area contributed by atoms with E-state index in [0.717, 1.165) is 22.3 Å². The molecule has 1 fully saturated rings. The molecule has 3 atom stereocenters. The Morgan fingerprint density at radius 1 is 1.07 bits per heavy atom. The average molecular weight is 408 g/mol. The highest BCUT2D eigenvalue weighted by Gasteiger charge is 2.43. The van der Waals surface area contributed by atoms with Gasteiger partial charge < -0.3 is 20.5 Å². The number of alkyl carbamates (subject to hydrolysis) is 1. The molecule has 0 aromatic heterocycles. The van der Waals surface area contributed by atoms with Crippen molar-refractivity contribution in [2.24, 2.45) is 11.8 Å². The second-order valence-corrected chi connectivity index (χ2v) is 7.88. The van der Waals surface area contributed by atoms with Gasteiger partial charge in [-0.2, -0.15) is 0 Å². The highest BCUT2D eigenvalue weighted by atomic mass is 16.5. The summed E-state index contributed by atoms with van der Waals surface area (Å²) in [5.41, 5.74) is 4.54. The number of ether oxygens (including phenoxy) is 1. The summed E-state index contributed by atoms with van der Waals surface area (Å²) in [6.45, 7) is 2.04. The standard InChI is InChI=1S/C23H24N2O5/c1-13(21(26)24-11-14-10-19(14)22(27)28)25-23(29)30-12-20-17-8-4-2-6-15(17)16-7-3-5-9-18(16)20/h2-9,13-14,19-20H,10-12H2,1H3,(H,24,26)(H,25,29)(H,27,28)/t13-,14+,19+/m1/s1. The predicted octanol–water partition coefficient (Wildman–Crippen LogP) is 2.75. The number of carbonyl (C=O) groups is 3. The zero-order chi connectivity index (χ0) is 21.3. The van der Waals surface area contributed by atoms with Crippen LogP contribution in [0.15, 0.2) is 48.5 Å². The molecule has 156 valence electrons. The number of fused-ring (bicyclic) bond motifs is 3. The lowest BCUT2D eigenvalue weighted by Crippen LogP contribution is -2.45. The van der Waals surface area contributed by atoms with Crippen LogP contribution in [0, 0.1) is 11.8 Å². The van der Waals surface area contributed by atoms with Crippen LogP contribution in [0.3, 0.4) is 0 Å². The largest absolute Gasteiger partial charge is 0.481 e. The average Bonchev–Trinajstić information content (AvgIpc) is 3.46. The molecule has 7 heteroatoms. The summed E-state index contributed by atoms with van der Waals surface area (Å²) in [7, 11) is 0. The van der Waals surface area contributed by atoms with Crippen molar-refractivity contribution in [2.75, 3.05) is 13.2 Å². The van der Waals surface area contributed by atoms with Gasteiger partial charge in [0.15, 0.2) is 0 Å². The van der Waals surface area contributed by atoms with Gasteiger partial charge in [0, 0.05) is 12.5 Å². The Labute approximate surface area is 174 Å². The second-order valence-electron chi connectivity index (χ2n) is 7.88. The maximum atomic E-state index is 12.2. The topological polar surface area (TPSA) is 105 Å². The molecule has 2 amide bonds. The van der Waals surface area contributed by atoms with E-state index in [0.29, 0.717) is 13.0 Å². The minimum atomic E-state index is -0.834. The third-order valence-corrected chi connectivity index (χ3v) is 5.85. The summed E-state index contributed by atoms with van der Waals surface area (Å²) in [6.07, 6.45) is -0.0848. The molecular formula is C23H24N2O5. The van der Waals surface area contributed by atoms with Gasteiger partial charge in [0.1, 0.15) is 12.6 Å². The van der Waals surface area contributed by atoms with Gasteiger partial charge in [-0.1, -0.05) is 48.5 Å². The van der Waals surface area contributed by atoms with Crippen molar-refractivity contribution >= 4 is 18.0 Å². The number of hydrogen-bond donors (Lipinski definition) is 3. The van der Waals surface area contributed by atoms with Crippen LogP contribution in [0.1, 0.15) is 30.4 Å². The zero-order valence-corrected chi connectivity index (χ0v) is 16.6. The first-order valence-electron chi connectivity index (χ1n) is 10.1. The number of amides is 2. The molecule has 0 heterocycles. The summed E-state index contributed by atoms with van der Waals surface area (Å²) in [5.74, 6) is -1.66. The smallest absolute Gasteiger partial charge is 0.407 e. The number of rotatable bonds is 7. The molecule has 30 heavy (non-hydrogen) atoms. The Morgan fingerprint density at radius 2 is 1.67 bits per heavy atom. The highest BCUT2D eigenvalue weighted by molar-refractivity contribution is 5.85. The van der Waals surface area contributed by atoms with Crippen molar-refractivity contribution in [3.05, 3.63) is 59.7 Å². The quantitative estimate of drug-likeness (QED) is 0.653. The summed E-state index contributed by atoms with van der Waals surface area (Å²) < 4.78 is 5.44. The Bertz CT molecular complexity index is 944. The molecule has 2 aromatic carbocycles. The normalized spacial score (nSPS) is 19.9. The zero-order valence-electron chi connectivity index (χ0n) is 16.6. The fourth-order valence-electron chi connectivity index (χ4n) is 4.04. The molecular weight excluding hydrogens is 384 g/mol. The monoisotopic (exact) mass is 408 g/mol. The molecule has 2 aliphatic rings. The first kappa shape index (κ1) is 19.9. The van der Waals surface area contributed by atoms with Crippen molar-refractivity contribution < 1.29 is 24.2 Å². The molecule has 4 rings (SSSR count). The second kappa shape index (κ2) is 8.18. The van der Waals surface area contributed by atoms with Crippen molar-refractivity contribution in [1.29, 1.82) is 0 Å². The van der Waals surface area contributed by atoms with E-state index in [1.165, 1.54) is 0 Å². The predicted molar refractivity (Wildman–Crippen MR) is 110 cm³/mol.